The van der Waals surface area contributed by atoms with Crippen molar-refractivity contribution in [3.05, 3.63) is 0 Å². The topological polar surface area (TPSA) is 32.7 Å². The molecule has 0 radical (unpaired) electrons. The number of aliphatic hydroxyl groups excluding tert-OH is 1. The fourth-order valence-electron chi connectivity index (χ4n) is 2.04. The summed E-state index contributed by atoms with van der Waals surface area (Å²) in [6, 6.07) is 0.835. The Hall–Kier alpha value is -0.120. The van der Waals surface area contributed by atoms with Crippen LogP contribution in [0.25, 0.3) is 0 Å². The molecule has 1 saturated heterocycles. The van der Waals surface area contributed by atoms with Crippen LogP contribution in [0.2, 0.25) is 0 Å². The molecule has 1 rings (SSSR count). The van der Waals surface area contributed by atoms with Crippen LogP contribution < -0.4 is 0 Å². The maximum absolute atomic E-state index is 9.19. The van der Waals surface area contributed by atoms with Crippen LogP contribution in [0, 0.1) is 0 Å². The van der Waals surface area contributed by atoms with Gasteiger partial charge in [0.2, 0.25) is 0 Å². The van der Waals surface area contributed by atoms with Crippen molar-refractivity contribution in [1.29, 1.82) is 0 Å². The number of likely N-dealkylation sites (tertiary alicyclic amines) is 1. The van der Waals surface area contributed by atoms with E-state index < -0.39 is 0 Å². The van der Waals surface area contributed by atoms with Gasteiger partial charge in [0.05, 0.1) is 12.7 Å². The highest BCUT2D eigenvalue weighted by atomic mass is 16.5. The van der Waals surface area contributed by atoms with Crippen molar-refractivity contribution in [2.24, 2.45) is 0 Å². The van der Waals surface area contributed by atoms with Crippen molar-refractivity contribution in [2.45, 2.75) is 44.9 Å². The number of hydrogen-bond acceptors (Lipinski definition) is 3. The first-order chi connectivity index (χ1) is 6.19. The molecule has 1 N–H and O–H groups in total. The predicted molar refractivity (Wildman–Crippen MR) is 52.7 cm³/mol. The van der Waals surface area contributed by atoms with Crippen molar-refractivity contribution in [3.63, 3.8) is 0 Å². The van der Waals surface area contributed by atoms with Gasteiger partial charge in [0, 0.05) is 25.7 Å². The lowest BCUT2D eigenvalue weighted by Crippen LogP contribution is -2.50. The number of ether oxygens (including phenoxy) is 1. The smallest absolute Gasteiger partial charge is 0.0699 e. The SMILES string of the molecule is CO[C@@H]1CC[C@H](CO)N(C(C)C)C1. The van der Waals surface area contributed by atoms with E-state index in [0.717, 1.165) is 19.4 Å². The van der Waals surface area contributed by atoms with E-state index in [1.54, 1.807) is 7.11 Å². The van der Waals surface area contributed by atoms with Crippen molar-refractivity contribution >= 4 is 0 Å². The van der Waals surface area contributed by atoms with Gasteiger partial charge < -0.3 is 9.84 Å². The Bertz CT molecular complexity index is 150. The molecular formula is C10H21NO2. The number of rotatable bonds is 3. The maximum atomic E-state index is 9.19. The number of methoxy groups -OCH3 is 1. The van der Waals surface area contributed by atoms with Crippen LogP contribution >= 0.6 is 0 Å². The second kappa shape index (κ2) is 4.94. The minimum absolute atomic E-state index is 0.272. The van der Waals surface area contributed by atoms with Crippen molar-refractivity contribution in [1.82, 2.24) is 4.90 Å². The largest absolute Gasteiger partial charge is 0.395 e. The van der Waals surface area contributed by atoms with Crippen LogP contribution in [0.5, 0.6) is 0 Å². The molecule has 3 heteroatoms. The van der Waals surface area contributed by atoms with Gasteiger partial charge in [-0.1, -0.05) is 0 Å². The predicted octanol–water partition coefficient (Wildman–Crippen LogP) is 0.866. The minimum atomic E-state index is 0.272. The summed E-state index contributed by atoms with van der Waals surface area (Å²) in [7, 11) is 1.77. The zero-order valence-electron chi connectivity index (χ0n) is 8.86. The van der Waals surface area contributed by atoms with Gasteiger partial charge in [-0.25, -0.2) is 0 Å². The van der Waals surface area contributed by atoms with E-state index in [-0.39, 0.29) is 6.61 Å². The normalized spacial score (nSPS) is 31.2. The molecule has 0 aliphatic carbocycles. The summed E-state index contributed by atoms with van der Waals surface area (Å²) in [6.45, 7) is 5.56. The van der Waals surface area contributed by atoms with Gasteiger partial charge in [0.1, 0.15) is 0 Å². The summed E-state index contributed by atoms with van der Waals surface area (Å²) in [5.41, 5.74) is 0. The van der Waals surface area contributed by atoms with E-state index in [1.807, 2.05) is 0 Å². The molecule has 1 aliphatic heterocycles. The molecule has 13 heavy (non-hydrogen) atoms. The van der Waals surface area contributed by atoms with Gasteiger partial charge in [0.25, 0.3) is 0 Å². The van der Waals surface area contributed by atoms with Gasteiger partial charge in [0.15, 0.2) is 0 Å². The third-order valence-corrected chi connectivity index (χ3v) is 2.91. The van der Waals surface area contributed by atoms with Crippen LogP contribution in [-0.2, 0) is 4.74 Å². The van der Waals surface area contributed by atoms with Crippen LogP contribution in [-0.4, -0.2) is 48.5 Å². The molecule has 2 atom stereocenters. The summed E-state index contributed by atoms with van der Waals surface area (Å²) in [6.07, 6.45) is 2.48. The van der Waals surface area contributed by atoms with E-state index in [1.165, 1.54) is 0 Å². The van der Waals surface area contributed by atoms with E-state index in [9.17, 15) is 5.11 Å². The number of piperidine rings is 1. The molecule has 0 aromatic carbocycles. The fourth-order valence-corrected chi connectivity index (χ4v) is 2.04. The second-order valence-electron chi connectivity index (χ2n) is 4.06. The Morgan fingerprint density at radius 3 is 2.62 bits per heavy atom. The Kier molecular flexibility index (Phi) is 4.16. The molecule has 1 fully saturated rings. The number of aliphatic hydroxyl groups is 1. The van der Waals surface area contributed by atoms with E-state index in [0.29, 0.717) is 18.2 Å². The molecule has 0 aromatic heterocycles. The summed E-state index contributed by atoms with van der Waals surface area (Å²) in [4.78, 5) is 2.33. The van der Waals surface area contributed by atoms with Gasteiger partial charge in [-0.2, -0.15) is 0 Å². The Balaban J connectivity index is 2.52. The van der Waals surface area contributed by atoms with Gasteiger partial charge in [-0.3, -0.25) is 4.90 Å². The monoisotopic (exact) mass is 187 g/mol. The van der Waals surface area contributed by atoms with Gasteiger partial charge in [-0.05, 0) is 26.7 Å². The lowest BCUT2D eigenvalue weighted by molar-refractivity contribution is -0.0229. The molecule has 1 aliphatic rings. The summed E-state index contributed by atoms with van der Waals surface area (Å²) < 4.78 is 5.34. The van der Waals surface area contributed by atoms with Crippen LogP contribution in [0.3, 0.4) is 0 Å². The van der Waals surface area contributed by atoms with Crippen LogP contribution in [0.1, 0.15) is 26.7 Å². The zero-order valence-corrected chi connectivity index (χ0v) is 8.86. The second-order valence-corrected chi connectivity index (χ2v) is 4.06. The molecule has 0 bridgehead atoms. The lowest BCUT2D eigenvalue weighted by Gasteiger charge is -2.40. The van der Waals surface area contributed by atoms with E-state index in [2.05, 4.69) is 18.7 Å². The average molecular weight is 187 g/mol. The standard InChI is InChI=1S/C10H21NO2/c1-8(2)11-6-10(13-3)5-4-9(11)7-12/h8-10,12H,4-7H2,1-3H3/t9-,10-/m1/s1. The lowest BCUT2D eigenvalue weighted by atomic mass is 9.99. The summed E-state index contributed by atoms with van der Waals surface area (Å²) in [5.74, 6) is 0. The van der Waals surface area contributed by atoms with E-state index in [4.69, 9.17) is 4.74 Å². The molecule has 78 valence electrons. The zero-order chi connectivity index (χ0) is 9.84. The summed E-state index contributed by atoms with van der Waals surface area (Å²) >= 11 is 0. The highest BCUT2D eigenvalue weighted by Crippen LogP contribution is 2.20. The third-order valence-electron chi connectivity index (χ3n) is 2.91. The van der Waals surface area contributed by atoms with Crippen LogP contribution in [0.15, 0.2) is 0 Å². The number of hydrogen-bond donors (Lipinski definition) is 1. The molecule has 0 unspecified atom stereocenters. The van der Waals surface area contributed by atoms with E-state index >= 15 is 0 Å². The van der Waals surface area contributed by atoms with Crippen molar-refractivity contribution in [3.8, 4) is 0 Å². The number of nitrogens with zero attached hydrogens (tertiary/aromatic N) is 1. The van der Waals surface area contributed by atoms with Crippen molar-refractivity contribution < 1.29 is 9.84 Å². The fraction of sp³-hybridized carbons (Fsp3) is 1.00. The Labute approximate surface area is 80.7 Å². The molecule has 0 amide bonds. The molecular weight excluding hydrogens is 166 g/mol. The molecule has 1 heterocycles. The van der Waals surface area contributed by atoms with Crippen LogP contribution in [0.4, 0.5) is 0 Å². The van der Waals surface area contributed by atoms with Gasteiger partial charge >= 0.3 is 0 Å². The minimum Gasteiger partial charge on any atom is -0.395 e. The Morgan fingerprint density at radius 2 is 2.15 bits per heavy atom. The third kappa shape index (κ3) is 2.66. The highest BCUT2D eigenvalue weighted by molar-refractivity contribution is 4.83. The molecule has 0 aromatic rings. The molecule has 0 spiro atoms. The quantitative estimate of drug-likeness (QED) is 0.711. The maximum Gasteiger partial charge on any atom is 0.0699 e. The summed E-state index contributed by atoms with van der Waals surface area (Å²) in [5, 5.41) is 9.19. The highest BCUT2D eigenvalue weighted by Gasteiger charge is 2.28. The first-order valence-corrected chi connectivity index (χ1v) is 5.08. The van der Waals surface area contributed by atoms with Gasteiger partial charge in [-0.15, -0.1) is 0 Å². The first kappa shape index (κ1) is 11.0. The van der Waals surface area contributed by atoms with Crippen molar-refractivity contribution in [2.75, 3.05) is 20.3 Å². The Morgan fingerprint density at radius 1 is 1.46 bits per heavy atom. The first-order valence-electron chi connectivity index (χ1n) is 5.08. The average Bonchev–Trinajstić information content (AvgIpc) is 2.16. The molecule has 0 saturated carbocycles. The molecule has 3 nitrogen and oxygen atoms in total.